The summed E-state index contributed by atoms with van der Waals surface area (Å²) in [6, 6.07) is 4.31. The number of phenols is 2. The first-order chi connectivity index (χ1) is 8.48. The van der Waals surface area contributed by atoms with Crippen molar-refractivity contribution in [3.8, 4) is 11.5 Å². The molecule has 0 aliphatic heterocycles. The SMILES string of the molecule is CC(CN)(NC(=O)c1cccc(O)c1O)C1CC1. The highest BCUT2D eigenvalue weighted by molar-refractivity contribution is 5.98. The van der Waals surface area contributed by atoms with Gasteiger partial charge in [0.2, 0.25) is 0 Å². The fourth-order valence-corrected chi connectivity index (χ4v) is 2.08. The second-order valence-electron chi connectivity index (χ2n) is 5.02. The normalized spacial score (nSPS) is 18.1. The van der Waals surface area contributed by atoms with Gasteiger partial charge in [-0.1, -0.05) is 6.07 Å². The van der Waals surface area contributed by atoms with Crippen molar-refractivity contribution in [2.24, 2.45) is 11.7 Å². The monoisotopic (exact) mass is 250 g/mol. The predicted octanol–water partition coefficient (Wildman–Crippen LogP) is 0.955. The Bertz CT molecular complexity index is 471. The number of carbonyl (C=O) groups is 1. The molecule has 18 heavy (non-hydrogen) atoms. The average molecular weight is 250 g/mol. The molecule has 1 unspecified atom stereocenters. The van der Waals surface area contributed by atoms with E-state index in [1.807, 2.05) is 6.92 Å². The Labute approximate surface area is 106 Å². The van der Waals surface area contributed by atoms with E-state index in [9.17, 15) is 15.0 Å². The molecule has 1 saturated carbocycles. The number of carbonyl (C=O) groups excluding carboxylic acids is 1. The molecule has 1 aromatic rings. The molecule has 0 heterocycles. The van der Waals surface area contributed by atoms with Crippen LogP contribution in [0.4, 0.5) is 0 Å². The molecule has 1 aromatic carbocycles. The quantitative estimate of drug-likeness (QED) is 0.598. The molecule has 1 atom stereocenters. The molecule has 1 aliphatic carbocycles. The third kappa shape index (κ3) is 2.26. The molecule has 1 fully saturated rings. The van der Waals surface area contributed by atoms with E-state index in [0.717, 1.165) is 12.8 Å². The van der Waals surface area contributed by atoms with Crippen molar-refractivity contribution < 1.29 is 15.0 Å². The number of amides is 1. The smallest absolute Gasteiger partial charge is 0.255 e. The lowest BCUT2D eigenvalue weighted by molar-refractivity contribution is 0.0894. The van der Waals surface area contributed by atoms with Crippen LogP contribution in [-0.4, -0.2) is 28.2 Å². The summed E-state index contributed by atoms with van der Waals surface area (Å²) < 4.78 is 0. The van der Waals surface area contributed by atoms with Crippen molar-refractivity contribution in [2.75, 3.05) is 6.54 Å². The average Bonchev–Trinajstić information content (AvgIpc) is 3.16. The molecule has 0 bridgehead atoms. The highest BCUT2D eigenvalue weighted by atomic mass is 16.3. The van der Waals surface area contributed by atoms with Gasteiger partial charge in [-0.05, 0) is 37.8 Å². The van der Waals surface area contributed by atoms with E-state index in [0.29, 0.717) is 12.5 Å². The van der Waals surface area contributed by atoms with E-state index in [2.05, 4.69) is 5.32 Å². The zero-order valence-corrected chi connectivity index (χ0v) is 10.3. The van der Waals surface area contributed by atoms with E-state index < -0.39 is 17.2 Å². The first-order valence-corrected chi connectivity index (χ1v) is 6.01. The van der Waals surface area contributed by atoms with Crippen LogP contribution >= 0.6 is 0 Å². The van der Waals surface area contributed by atoms with Gasteiger partial charge in [0, 0.05) is 6.54 Å². The van der Waals surface area contributed by atoms with Crippen LogP contribution in [0.15, 0.2) is 18.2 Å². The summed E-state index contributed by atoms with van der Waals surface area (Å²) in [6.45, 7) is 2.26. The van der Waals surface area contributed by atoms with Gasteiger partial charge in [0.15, 0.2) is 11.5 Å². The second kappa shape index (κ2) is 4.49. The van der Waals surface area contributed by atoms with Crippen LogP contribution in [0.25, 0.3) is 0 Å². The first kappa shape index (κ1) is 12.7. The minimum atomic E-state index is -0.449. The molecule has 1 amide bonds. The number of para-hydroxylation sites is 1. The Balaban J connectivity index is 2.19. The zero-order chi connectivity index (χ0) is 13.3. The summed E-state index contributed by atoms with van der Waals surface area (Å²) in [6.07, 6.45) is 2.11. The Hall–Kier alpha value is -1.75. The number of benzene rings is 1. The van der Waals surface area contributed by atoms with Gasteiger partial charge in [-0.25, -0.2) is 0 Å². The topological polar surface area (TPSA) is 95.6 Å². The lowest BCUT2D eigenvalue weighted by Crippen LogP contribution is -2.53. The number of aromatic hydroxyl groups is 2. The fourth-order valence-electron chi connectivity index (χ4n) is 2.08. The van der Waals surface area contributed by atoms with Gasteiger partial charge in [0.1, 0.15) is 0 Å². The number of rotatable bonds is 4. The van der Waals surface area contributed by atoms with Gasteiger partial charge in [-0.15, -0.1) is 0 Å². The van der Waals surface area contributed by atoms with Crippen molar-refractivity contribution in [2.45, 2.75) is 25.3 Å². The molecule has 0 aromatic heterocycles. The molecule has 1 aliphatic rings. The Morgan fingerprint density at radius 3 is 2.72 bits per heavy atom. The van der Waals surface area contributed by atoms with E-state index in [1.165, 1.54) is 18.2 Å². The standard InChI is InChI=1S/C13H18N2O3/c1-13(7-14,8-5-6-8)15-12(18)9-3-2-4-10(16)11(9)17/h2-4,8,16-17H,5-7,14H2,1H3,(H,15,18). The number of hydrogen-bond acceptors (Lipinski definition) is 4. The maximum Gasteiger partial charge on any atom is 0.255 e. The maximum absolute atomic E-state index is 12.1. The van der Waals surface area contributed by atoms with Gasteiger partial charge in [0.05, 0.1) is 11.1 Å². The van der Waals surface area contributed by atoms with Gasteiger partial charge in [0.25, 0.3) is 5.91 Å². The molecule has 5 N–H and O–H groups in total. The summed E-state index contributed by atoms with van der Waals surface area (Å²) in [7, 11) is 0. The van der Waals surface area contributed by atoms with Crippen molar-refractivity contribution in [1.82, 2.24) is 5.32 Å². The van der Waals surface area contributed by atoms with Crippen LogP contribution in [0.3, 0.4) is 0 Å². The van der Waals surface area contributed by atoms with Crippen molar-refractivity contribution >= 4 is 5.91 Å². The highest BCUT2D eigenvalue weighted by Gasteiger charge is 2.41. The lowest BCUT2D eigenvalue weighted by Gasteiger charge is -2.29. The van der Waals surface area contributed by atoms with Crippen LogP contribution in [0.2, 0.25) is 0 Å². The third-order valence-electron chi connectivity index (χ3n) is 3.56. The van der Waals surface area contributed by atoms with Gasteiger partial charge in [-0.2, -0.15) is 0 Å². The van der Waals surface area contributed by atoms with Crippen LogP contribution < -0.4 is 11.1 Å². The molecular weight excluding hydrogens is 232 g/mol. The number of nitrogens with one attached hydrogen (secondary N) is 1. The Kier molecular flexibility index (Phi) is 3.17. The summed E-state index contributed by atoms with van der Waals surface area (Å²) in [4.78, 5) is 12.1. The van der Waals surface area contributed by atoms with E-state index in [1.54, 1.807) is 0 Å². The van der Waals surface area contributed by atoms with E-state index in [4.69, 9.17) is 5.73 Å². The van der Waals surface area contributed by atoms with Gasteiger partial charge in [-0.3, -0.25) is 4.79 Å². The van der Waals surface area contributed by atoms with Crippen LogP contribution in [0.5, 0.6) is 11.5 Å². The molecule has 0 spiro atoms. The first-order valence-electron chi connectivity index (χ1n) is 6.01. The van der Waals surface area contributed by atoms with Crippen molar-refractivity contribution in [3.05, 3.63) is 23.8 Å². The summed E-state index contributed by atoms with van der Waals surface area (Å²) in [5.41, 5.74) is 5.33. The largest absolute Gasteiger partial charge is 0.504 e. The molecule has 5 nitrogen and oxygen atoms in total. The van der Waals surface area contributed by atoms with Crippen molar-refractivity contribution in [3.63, 3.8) is 0 Å². The van der Waals surface area contributed by atoms with Gasteiger partial charge >= 0.3 is 0 Å². The van der Waals surface area contributed by atoms with Crippen LogP contribution in [-0.2, 0) is 0 Å². The summed E-state index contributed by atoms with van der Waals surface area (Å²) in [5, 5.41) is 21.9. The number of nitrogens with two attached hydrogens (primary N) is 1. The number of phenolic OH excluding ortho intramolecular Hbond substituents is 2. The van der Waals surface area contributed by atoms with Gasteiger partial charge < -0.3 is 21.3 Å². The maximum atomic E-state index is 12.1. The molecule has 2 rings (SSSR count). The lowest BCUT2D eigenvalue weighted by atomic mass is 9.95. The predicted molar refractivity (Wildman–Crippen MR) is 67.4 cm³/mol. The zero-order valence-electron chi connectivity index (χ0n) is 10.3. The molecule has 0 radical (unpaired) electrons. The van der Waals surface area contributed by atoms with Crippen LogP contribution in [0.1, 0.15) is 30.1 Å². The highest BCUT2D eigenvalue weighted by Crippen LogP contribution is 2.39. The van der Waals surface area contributed by atoms with Crippen molar-refractivity contribution in [1.29, 1.82) is 0 Å². The molecule has 5 heteroatoms. The minimum absolute atomic E-state index is 0.0651. The third-order valence-corrected chi connectivity index (χ3v) is 3.56. The van der Waals surface area contributed by atoms with Crippen LogP contribution in [0, 0.1) is 5.92 Å². The molecule has 98 valence electrons. The van der Waals surface area contributed by atoms with E-state index in [-0.39, 0.29) is 11.3 Å². The Morgan fingerprint density at radius 1 is 1.50 bits per heavy atom. The van der Waals surface area contributed by atoms with E-state index >= 15 is 0 Å². The Morgan fingerprint density at radius 2 is 2.17 bits per heavy atom. The summed E-state index contributed by atoms with van der Waals surface area (Å²) in [5.74, 6) is -0.720. The fraction of sp³-hybridized carbons (Fsp3) is 0.462. The molecular formula is C13H18N2O3. The molecule has 0 saturated heterocycles. The second-order valence-corrected chi connectivity index (χ2v) is 5.02. The summed E-state index contributed by atoms with van der Waals surface area (Å²) >= 11 is 0. The minimum Gasteiger partial charge on any atom is -0.504 e. The number of hydrogen-bond donors (Lipinski definition) is 4.